The quantitative estimate of drug-likeness (QED) is 0.854. The molecule has 6 nitrogen and oxygen atoms in total. The minimum absolute atomic E-state index is 0.796. The van der Waals surface area contributed by atoms with Gasteiger partial charge in [-0.3, -0.25) is 4.90 Å². The van der Waals surface area contributed by atoms with Crippen LogP contribution in [0, 0.1) is 0 Å². The monoisotopic (exact) mass is 323 g/mol. The molecule has 0 atom stereocenters. The van der Waals surface area contributed by atoms with Crippen molar-refractivity contribution >= 4 is 21.9 Å². The van der Waals surface area contributed by atoms with Gasteiger partial charge in [-0.25, -0.2) is 15.0 Å². The number of rotatable bonds is 3. The van der Waals surface area contributed by atoms with Gasteiger partial charge in [0.05, 0.1) is 10.2 Å². The zero-order chi connectivity index (χ0) is 13.1. The Morgan fingerprint density at radius 2 is 1.84 bits per heavy atom. The van der Waals surface area contributed by atoms with Crippen LogP contribution in [-0.2, 0) is 6.54 Å². The lowest BCUT2D eigenvalue weighted by Crippen LogP contribution is -2.46. The summed E-state index contributed by atoms with van der Waals surface area (Å²) in [6.45, 7) is 4.66. The summed E-state index contributed by atoms with van der Waals surface area (Å²) in [4.78, 5) is 17.3. The number of halogens is 1. The van der Waals surface area contributed by atoms with Crippen molar-refractivity contribution in [3.8, 4) is 0 Å². The van der Waals surface area contributed by atoms with Crippen LogP contribution in [-0.4, -0.2) is 46.0 Å². The molecule has 2 aromatic rings. The first-order valence-corrected chi connectivity index (χ1v) is 6.92. The maximum absolute atomic E-state index is 4.99. The van der Waals surface area contributed by atoms with Crippen molar-refractivity contribution in [3.63, 3.8) is 0 Å². The molecule has 0 amide bonds. The van der Waals surface area contributed by atoms with E-state index >= 15 is 0 Å². The molecule has 0 spiro atoms. The highest BCUT2D eigenvalue weighted by Gasteiger charge is 2.19. The SMILES string of the molecule is Brc1cnc(N2CCN(Cc3cocn3)CC2)nc1. The lowest BCUT2D eigenvalue weighted by atomic mass is 10.3. The smallest absolute Gasteiger partial charge is 0.225 e. The number of piperazine rings is 1. The third-order valence-corrected chi connectivity index (χ3v) is 3.54. The van der Waals surface area contributed by atoms with E-state index < -0.39 is 0 Å². The largest absolute Gasteiger partial charge is 0.451 e. The minimum atomic E-state index is 0.796. The van der Waals surface area contributed by atoms with Gasteiger partial charge in [0.2, 0.25) is 5.95 Å². The van der Waals surface area contributed by atoms with Gasteiger partial charge in [0.15, 0.2) is 6.39 Å². The van der Waals surface area contributed by atoms with E-state index in [0.29, 0.717) is 0 Å². The standard InChI is InChI=1S/C12H14BrN5O/c13-10-5-14-12(15-6-10)18-3-1-17(2-4-18)7-11-8-19-9-16-11/h5-6,8-9H,1-4,7H2. The zero-order valence-corrected chi connectivity index (χ0v) is 12.0. The van der Waals surface area contributed by atoms with Gasteiger partial charge in [-0.1, -0.05) is 0 Å². The Balaban J connectivity index is 1.56. The predicted octanol–water partition coefficient (Wildman–Crippen LogP) is 1.55. The van der Waals surface area contributed by atoms with Crippen molar-refractivity contribution in [2.45, 2.75) is 6.54 Å². The highest BCUT2D eigenvalue weighted by atomic mass is 79.9. The summed E-state index contributed by atoms with van der Waals surface area (Å²) in [6, 6.07) is 0. The van der Waals surface area contributed by atoms with Crippen LogP contribution in [0.3, 0.4) is 0 Å². The molecule has 3 heterocycles. The fourth-order valence-corrected chi connectivity index (χ4v) is 2.32. The van der Waals surface area contributed by atoms with Crippen LogP contribution in [0.5, 0.6) is 0 Å². The van der Waals surface area contributed by atoms with Gasteiger partial charge in [-0.15, -0.1) is 0 Å². The Morgan fingerprint density at radius 3 is 2.47 bits per heavy atom. The molecule has 0 bridgehead atoms. The molecule has 1 saturated heterocycles. The fraction of sp³-hybridized carbons (Fsp3) is 0.417. The minimum Gasteiger partial charge on any atom is -0.451 e. The molecular formula is C12H14BrN5O. The van der Waals surface area contributed by atoms with Gasteiger partial charge in [0.1, 0.15) is 6.26 Å². The number of oxazole rings is 1. The summed E-state index contributed by atoms with van der Waals surface area (Å²) in [7, 11) is 0. The average Bonchev–Trinajstić information content (AvgIpc) is 2.94. The van der Waals surface area contributed by atoms with Gasteiger partial charge in [0, 0.05) is 45.1 Å². The third-order valence-electron chi connectivity index (χ3n) is 3.13. The third kappa shape index (κ3) is 3.10. The number of nitrogens with zero attached hydrogens (tertiary/aromatic N) is 5. The summed E-state index contributed by atoms with van der Waals surface area (Å²) < 4.78 is 5.89. The summed E-state index contributed by atoms with van der Waals surface area (Å²) >= 11 is 3.34. The Bertz CT molecular complexity index is 507. The lowest BCUT2D eigenvalue weighted by Gasteiger charge is -2.34. The topological polar surface area (TPSA) is 58.3 Å². The van der Waals surface area contributed by atoms with Gasteiger partial charge in [-0.2, -0.15) is 0 Å². The van der Waals surface area contributed by atoms with Crippen molar-refractivity contribution < 1.29 is 4.42 Å². The number of anilines is 1. The number of hydrogen-bond acceptors (Lipinski definition) is 6. The first-order valence-electron chi connectivity index (χ1n) is 6.13. The van der Waals surface area contributed by atoms with Crippen LogP contribution in [0.1, 0.15) is 5.69 Å². The number of hydrogen-bond donors (Lipinski definition) is 0. The van der Waals surface area contributed by atoms with Crippen molar-refractivity contribution in [2.24, 2.45) is 0 Å². The van der Waals surface area contributed by atoms with Crippen LogP contribution in [0.25, 0.3) is 0 Å². The molecule has 100 valence electrons. The highest BCUT2D eigenvalue weighted by molar-refractivity contribution is 9.10. The van der Waals surface area contributed by atoms with Crippen molar-refractivity contribution in [3.05, 3.63) is 35.2 Å². The van der Waals surface area contributed by atoms with Gasteiger partial charge in [-0.05, 0) is 15.9 Å². The highest BCUT2D eigenvalue weighted by Crippen LogP contribution is 2.14. The van der Waals surface area contributed by atoms with Gasteiger partial charge < -0.3 is 9.32 Å². The first-order chi connectivity index (χ1) is 9.31. The van der Waals surface area contributed by atoms with Crippen LogP contribution < -0.4 is 4.90 Å². The van der Waals surface area contributed by atoms with Crippen molar-refractivity contribution in [1.29, 1.82) is 0 Å². The number of aromatic nitrogens is 3. The second-order valence-electron chi connectivity index (χ2n) is 4.44. The predicted molar refractivity (Wildman–Crippen MR) is 73.7 cm³/mol. The van der Waals surface area contributed by atoms with E-state index in [9.17, 15) is 0 Å². The fourth-order valence-electron chi connectivity index (χ4n) is 2.12. The van der Waals surface area contributed by atoms with E-state index in [2.05, 4.69) is 40.7 Å². The normalized spacial score (nSPS) is 16.8. The molecule has 0 N–H and O–H groups in total. The van der Waals surface area contributed by atoms with E-state index in [-0.39, 0.29) is 0 Å². The summed E-state index contributed by atoms with van der Waals surface area (Å²) in [5, 5.41) is 0. The molecule has 0 saturated carbocycles. The molecule has 0 aromatic carbocycles. The molecule has 0 unspecified atom stereocenters. The summed E-state index contributed by atoms with van der Waals surface area (Å²) in [5.41, 5.74) is 0.980. The van der Waals surface area contributed by atoms with Crippen LogP contribution in [0.2, 0.25) is 0 Å². The van der Waals surface area contributed by atoms with E-state index in [4.69, 9.17) is 4.42 Å². The molecule has 7 heteroatoms. The second kappa shape index (κ2) is 5.66. The molecule has 2 aromatic heterocycles. The molecule has 0 radical (unpaired) electrons. The van der Waals surface area contributed by atoms with Crippen molar-refractivity contribution in [1.82, 2.24) is 19.9 Å². The maximum Gasteiger partial charge on any atom is 0.225 e. The molecule has 1 aliphatic heterocycles. The first kappa shape index (κ1) is 12.6. The average molecular weight is 324 g/mol. The molecule has 1 fully saturated rings. The van der Waals surface area contributed by atoms with E-state index in [0.717, 1.165) is 48.8 Å². The van der Waals surface area contributed by atoms with E-state index in [1.165, 1.54) is 6.39 Å². The van der Waals surface area contributed by atoms with Gasteiger partial charge >= 0.3 is 0 Å². The Kier molecular flexibility index (Phi) is 3.74. The Labute approximate surface area is 119 Å². The lowest BCUT2D eigenvalue weighted by molar-refractivity contribution is 0.246. The van der Waals surface area contributed by atoms with Crippen LogP contribution >= 0.6 is 15.9 Å². The molecular weight excluding hydrogens is 310 g/mol. The molecule has 3 rings (SSSR count). The Hall–Kier alpha value is -1.47. The van der Waals surface area contributed by atoms with Gasteiger partial charge in [0.25, 0.3) is 0 Å². The molecule has 1 aliphatic rings. The second-order valence-corrected chi connectivity index (χ2v) is 5.36. The summed E-state index contributed by atoms with van der Waals surface area (Å²) in [5.74, 6) is 0.796. The van der Waals surface area contributed by atoms with Crippen LogP contribution in [0.15, 0.2) is 33.9 Å². The molecule has 0 aliphatic carbocycles. The van der Waals surface area contributed by atoms with E-state index in [1.54, 1.807) is 18.7 Å². The van der Waals surface area contributed by atoms with E-state index in [1.807, 2.05) is 0 Å². The molecule has 19 heavy (non-hydrogen) atoms. The maximum atomic E-state index is 4.99. The Morgan fingerprint density at radius 1 is 1.11 bits per heavy atom. The van der Waals surface area contributed by atoms with Crippen LogP contribution in [0.4, 0.5) is 5.95 Å². The zero-order valence-electron chi connectivity index (χ0n) is 10.4. The summed E-state index contributed by atoms with van der Waals surface area (Å²) in [6.07, 6.45) is 6.74. The van der Waals surface area contributed by atoms with Crippen molar-refractivity contribution in [2.75, 3.05) is 31.1 Å².